The lowest BCUT2D eigenvalue weighted by molar-refractivity contribution is 0.172. The zero-order chi connectivity index (χ0) is 22.1. The van der Waals surface area contributed by atoms with Crippen LogP contribution in [0.4, 0.5) is 0 Å². The van der Waals surface area contributed by atoms with Crippen LogP contribution < -0.4 is 19.5 Å². The molecule has 0 spiro atoms. The molecule has 31 heavy (non-hydrogen) atoms. The first-order valence-electron chi connectivity index (χ1n) is 10.7. The summed E-state index contributed by atoms with van der Waals surface area (Å²) in [7, 11) is 6.75. The maximum atomic E-state index is 5.59. The zero-order valence-electron chi connectivity index (χ0n) is 19.1. The normalized spacial score (nSPS) is 15.0. The van der Waals surface area contributed by atoms with Crippen molar-refractivity contribution in [3.05, 3.63) is 53.6 Å². The Morgan fingerprint density at radius 3 is 2.23 bits per heavy atom. The zero-order valence-corrected chi connectivity index (χ0v) is 19.1. The van der Waals surface area contributed by atoms with E-state index in [4.69, 9.17) is 14.2 Å². The third kappa shape index (κ3) is 5.82. The second-order valence-electron chi connectivity index (χ2n) is 7.47. The maximum absolute atomic E-state index is 5.59. The van der Waals surface area contributed by atoms with Crippen molar-refractivity contribution >= 4 is 5.96 Å². The van der Waals surface area contributed by atoms with Crippen LogP contribution in [0.3, 0.4) is 0 Å². The number of aliphatic imine (C=N–C) groups is 1. The number of hydrogen-bond donors (Lipinski definition) is 1. The summed E-state index contributed by atoms with van der Waals surface area (Å²) in [5.74, 6) is 2.95. The highest BCUT2D eigenvalue weighted by atomic mass is 16.5. The van der Waals surface area contributed by atoms with E-state index >= 15 is 0 Å². The van der Waals surface area contributed by atoms with Crippen molar-refractivity contribution in [2.24, 2.45) is 4.99 Å². The van der Waals surface area contributed by atoms with Gasteiger partial charge in [0.15, 0.2) is 17.5 Å². The molecule has 0 bridgehead atoms. The van der Waals surface area contributed by atoms with Crippen molar-refractivity contribution in [2.75, 3.05) is 61.1 Å². The number of nitrogens with zero attached hydrogens (tertiary/aromatic N) is 3. The molecule has 1 aliphatic rings. The van der Waals surface area contributed by atoms with Gasteiger partial charge in [0.05, 0.1) is 21.3 Å². The number of ether oxygens (including phenoxy) is 3. The molecular weight excluding hydrogens is 392 g/mol. The fraction of sp³-hybridized carbons (Fsp3) is 0.458. The molecule has 3 rings (SSSR count). The van der Waals surface area contributed by atoms with Gasteiger partial charge in [0.1, 0.15) is 0 Å². The van der Waals surface area contributed by atoms with Crippen LogP contribution in [-0.4, -0.2) is 76.9 Å². The van der Waals surface area contributed by atoms with E-state index < -0.39 is 0 Å². The van der Waals surface area contributed by atoms with Gasteiger partial charge < -0.3 is 24.4 Å². The van der Waals surface area contributed by atoms with Crippen molar-refractivity contribution in [1.82, 2.24) is 15.1 Å². The first-order valence-corrected chi connectivity index (χ1v) is 10.7. The van der Waals surface area contributed by atoms with E-state index in [2.05, 4.69) is 50.4 Å². The van der Waals surface area contributed by atoms with Gasteiger partial charge in [-0.3, -0.25) is 9.89 Å². The standard InChI is InChI=1S/C24H34N4O3/c1-25-24(28-16-14-27(15-17-28)18-19-8-6-5-7-9-19)26-13-12-20-10-11-21(29-2)23(31-4)22(20)30-3/h5-11H,12-18H2,1-4H3,(H,25,26). The molecule has 1 saturated heterocycles. The maximum Gasteiger partial charge on any atom is 0.203 e. The van der Waals surface area contributed by atoms with Crippen LogP contribution >= 0.6 is 0 Å². The van der Waals surface area contributed by atoms with Crippen LogP contribution in [0, 0.1) is 0 Å². The van der Waals surface area contributed by atoms with E-state index in [0.717, 1.165) is 57.2 Å². The van der Waals surface area contributed by atoms with Crippen LogP contribution in [0.5, 0.6) is 17.2 Å². The summed E-state index contributed by atoms with van der Waals surface area (Å²) >= 11 is 0. The van der Waals surface area contributed by atoms with Gasteiger partial charge in [-0.2, -0.15) is 0 Å². The van der Waals surface area contributed by atoms with Gasteiger partial charge in [-0.25, -0.2) is 0 Å². The number of benzene rings is 2. The molecule has 0 unspecified atom stereocenters. The summed E-state index contributed by atoms with van der Waals surface area (Å²) < 4.78 is 16.4. The molecule has 1 heterocycles. The highest BCUT2D eigenvalue weighted by Crippen LogP contribution is 2.39. The van der Waals surface area contributed by atoms with Gasteiger partial charge in [0.2, 0.25) is 5.75 Å². The quantitative estimate of drug-likeness (QED) is 0.517. The van der Waals surface area contributed by atoms with Gasteiger partial charge in [-0.15, -0.1) is 0 Å². The Morgan fingerprint density at radius 2 is 1.61 bits per heavy atom. The molecule has 2 aromatic rings. The van der Waals surface area contributed by atoms with E-state index in [0.29, 0.717) is 17.2 Å². The number of hydrogen-bond acceptors (Lipinski definition) is 5. The summed E-state index contributed by atoms with van der Waals surface area (Å²) in [6.07, 6.45) is 0.788. The largest absolute Gasteiger partial charge is 0.493 e. The molecule has 0 saturated carbocycles. The molecule has 0 aliphatic carbocycles. The minimum absolute atomic E-state index is 0.626. The Balaban J connectivity index is 1.51. The Morgan fingerprint density at radius 1 is 0.903 bits per heavy atom. The molecule has 1 N–H and O–H groups in total. The summed E-state index contributed by atoms with van der Waals surface area (Å²) in [5.41, 5.74) is 2.43. The number of methoxy groups -OCH3 is 3. The minimum atomic E-state index is 0.626. The number of piperazine rings is 1. The molecule has 0 radical (unpaired) electrons. The van der Waals surface area contributed by atoms with Crippen molar-refractivity contribution in [3.8, 4) is 17.2 Å². The van der Waals surface area contributed by atoms with Crippen LogP contribution in [0.25, 0.3) is 0 Å². The smallest absolute Gasteiger partial charge is 0.203 e. The van der Waals surface area contributed by atoms with E-state index in [9.17, 15) is 0 Å². The lowest BCUT2D eigenvalue weighted by Gasteiger charge is -2.36. The average Bonchev–Trinajstić information content (AvgIpc) is 2.82. The van der Waals surface area contributed by atoms with Crippen molar-refractivity contribution in [1.29, 1.82) is 0 Å². The van der Waals surface area contributed by atoms with Crippen LogP contribution in [0.2, 0.25) is 0 Å². The van der Waals surface area contributed by atoms with Gasteiger partial charge in [-0.05, 0) is 18.1 Å². The first kappa shape index (κ1) is 22.7. The molecule has 7 nitrogen and oxygen atoms in total. The fourth-order valence-electron chi connectivity index (χ4n) is 3.96. The van der Waals surface area contributed by atoms with E-state index in [1.807, 2.05) is 19.2 Å². The Hall–Kier alpha value is -2.93. The predicted molar refractivity (Wildman–Crippen MR) is 124 cm³/mol. The van der Waals surface area contributed by atoms with E-state index in [1.54, 1.807) is 21.3 Å². The summed E-state index contributed by atoms with van der Waals surface area (Å²) in [6, 6.07) is 14.6. The highest BCUT2D eigenvalue weighted by molar-refractivity contribution is 5.80. The molecule has 1 aliphatic heterocycles. The SMILES string of the molecule is CN=C(NCCc1ccc(OC)c(OC)c1OC)N1CCN(Cc2ccccc2)CC1. The van der Waals surface area contributed by atoms with Crippen molar-refractivity contribution in [3.63, 3.8) is 0 Å². The average molecular weight is 427 g/mol. The van der Waals surface area contributed by atoms with Crippen LogP contribution in [-0.2, 0) is 13.0 Å². The van der Waals surface area contributed by atoms with Gasteiger partial charge in [0, 0.05) is 51.9 Å². The van der Waals surface area contributed by atoms with Crippen LogP contribution in [0.1, 0.15) is 11.1 Å². The lowest BCUT2D eigenvalue weighted by atomic mass is 10.1. The van der Waals surface area contributed by atoms with Gasteiger partial charge in [0.25, 0.3) is 0 Å². The van der Waals surface area contributed by atoms with E-state index in [-0.39, 0.29) is 0 Å². The summed E-state index contributed by atoms with van der Waals surface area (Å²) in [6.45, 7) is 5.74. The molecule has 2 aromatic carbocycles. The minimum Gasteiger partial charge on any atom is -0.493 e. The van der Waals surface area contributed by atoms with Gasteiger partial charge in [-0.1, -0.05) is 36.4 Å². The number of guanidine groups is 1. The summed E-state index contributed by atoms with van der Waals surface area (Å²) in [5, 5.41) is 3.50. The fourth-order valence-corrected chi connectivity index (χ4v) is 3.96. The Bertz CT molecular complexity index is 849. The lowest BCUT2D eigenvalue weighted by Crippen LogP contribution is -2.52. The van der Waals surface area contributed by atoms with E-state index in [1.165, 1.54) is 5.56 Å². The molecule has 0 amide bonds. The second-order valence-corrected chi connectivity index (χ2v) is 7.47. The number of rotatable bonds is 8. The van der Waals surface area contributed by atoms with Crippen LogP contribution in [0.15, 0.2) is 47.5 Å². The molecule has 7 heteroatoms. The molecule has 0 aromatic heterocycles. The first-order chi connectivity index (χ1) is 15.2. The second kappa shape index (κ2) is 11.5. The van der Waals surface area contributed by atoms with Crippen molar-refractivity contribution in [2.45, 2.75) is 13.0 Å². The third-order valence-electron chi connectivity index (χ3n) is 5.60. The summed E-state index contributed by atoms with van der Waals surface area (Å²) in [4.78, 5) is 9.31. The topological polar surface area (TPSA) is 58.6 Å². The predicted octanol–water partition coefficient (Wildman–Crippen LogP) is 2.65. The van der Waals surface area contributed by atoms with Crippen molar-refractivity contribution < 1.29 is 14.2 Å². The monoisotopic (exact) mass is 426 g/mol. The Labute approximate surface area is 185 Å². The van der Waals surface area contributed by atoms with Gasteiger partial charge >= 0.3 is 0 Å². The molecule has 0 atom stereocenters. The highest BCUT2D eigenvalue weighted by Gasteiger charge is 2.20. The molecule has 168 valence electrons. The molecular formula is C24H34N4O3. The Kier molecular flexibility index (Phi) is 8.41. The third-order valence-corrected chi connectivity index (χ3v) is 5.60. The number of nitrogens with one attached hydrogen (secondary N) is 1. The molecule has 1 fully saturated rings.